The fourth-order valence-electron chi connectivity index (χ4n) is 1.65. The summed E-state index contributed by atoms with van der Waals surface area (Å²) in [4.78, 5) is 15.4. The lowest BCUT2D eigenvalue weighted by atomic mass is 10.4. The second-order valence-electron chi connectivity index (χ2n) is 3.69. The van der Waals surface area contributed by atoms with Gasteiger partial charge in [-0.05, 0) is 0 Å². The number of carbonyl (C=O) groups excluding carboxylic acids is 1. The van der Waals surface area contributed by atoms with E-state index in [4.69, 9.17) is 5.73 Å². The minimum absolute atomic E-state index is 0.209. The molecule has 94 valence electrons. The van der Waals surface area contributed by atoms with E-state index in [1.807, 2.05) is 28.1 Å². The molecule has 0 aliphatic carbocycles. The number of hydrogen-bond donors (Lipinski definition) is 1. The first kappa shape index (κ1) is 12.6. The largest absolute Gasteiger partial charge is 0.464 e. The number of aromatic nitrogens is 2. The Kier molecular flexibility index (Phi) is 4.22. The summed E-state index contributed by atoms with van der Waals surface area (Å²) >= 11 is 3.91. The molecule has 1 atom stereocenters. The number of esters is 1. The number of ether oxygens (including phenoxy) is 1. The van der Waals surface area contributed by atoms with Crippen LogP contribution in [-0.2, 0) is 11.3 Å². The van der Waals surface area contributed by atoms with Crippen LogP contribution in [0.1, 0.15) is 10.5 Å². The first-order valence-electron chi connectivity index (χ1n) is 5.30. The highest BCUT2D eigenvalue weighted by Gasteiger charge is 2.20. The molecule has 1 aromatic rings. The summed E-state index contributed by atoms with van der Waals surface area (Å²) in [5.41, 5.74) is 6.09. The third kappa shape index (κ3) is 2.90. The van der Waals surface area contributed by atoms with Crippen molar-refractivity contribution in [3.8, 4) is 0 Å². The van der Waals surface area contributed by atoms with E-state index in [1.165, 1.54) is 18.6 Å². The third-order valence-corrected chi connectivity index (χ3v) is 5.37. The molecule has 2 heterocycles. The van der Waals surface area contributed by atoms with Crippen LogP contribution in [0, 0.1) is 0 Å². The molecule has 2 rings (SSSR count). The zero-order valence-corrected chi connectivity index (χ0v) is 11.2. The summed E-state index contributed by atoms with van der Waals surface area (Å²) < 4.78 is 6.45. The van der Waals surface area contributed by atoms with E-state index in [1.54, 1.807) is 6.33 Å². The molecule has 0 bridgehead atoms. The third-order valence-electron chi connectivity index (χ3n) is 2.54. The lowest BCUT2D eigenvalue weighted by molar-refractivity contribution is 0.0596. The molecule has 1 aliphatic heterocycles. The van der Waals surface area contributed by atoms with Gasteiger partial charge in [0, 0.05) is 29.1 Å². The van der Waals surface area contributed by atoms with Gasteiger partial charge in [-0.15, -0.1) is 0 Å². The van der Waals surface area contributed by atoms with Gasteiger partial charge < -0.3 is 15.0 Å². The summed E-state index contributed by atoms with van der Waals surface area (Å²) in [6, 6.07) is 0. The zero-order chi connectivity index (χ0) is 12.3. The standard InChI is InChI=1S/C10H15N3O2S2/c1-15-10(14)8-9(11)13(6-12-8)4-7-5-16-2-3-17-7/h6-7H,2-5,11H2,1H3. The summed E-state index contributed by atoms with van der Waals surface area (Å²) in [6.07, 6.45) is 1.61. The lowest BCUT2D eigenvalue weighted by Gasteiger charge is -2.21. The number of carbonyl (C=O) groups is 1. The summed E-state index contributed by atoms with van der Waals surface area (Å²) in [5, 5.41) is 0.538. The van der Waals surface area contributed by atoms with E-state index >= 15 is 0 Å². The number of anilines is 1. The molecule has 5 nitrogen and oxygen atoms in total. The Bertz CT molecular complexity index is 402. The minimum atomic E-state index is -0.480. The van der Waals surface area contributed by atoms with Crippen molar-refractivity contribution < 1.29 is 9.53 Å². The first-order chi connectivity index (χ1) is 8.22. The fraction of sp³-hybridized carbons (Fsp3) is 0.600. The van der Waals surface area contributed by atoms with Crippen LogP contribution in [0.5, 0.6) is 0 Å². The molecule has 1 unspecified atom stereocenters. The van der Waals surface area contributed by atoms with Crippen LogP contribution in [0.2, 0.25) is 0 Å². The predicted molar refractivity (Wildman–Crippen MR) is 71.5 cm³/mol. The van der Waals surface area contributed by atoms with Crippen molar-refractivity contribution in [1.29, 1.82) is 0 Å². The van der Waals surface area contributed by atoms with Crippen LogP contribution in [0.3, 0.4) is 0 Å². The van der Waals surface area contributed by atoms with E-state index < -0.39 is 5.97 Å². The van der Waals surface area contributed by atoms with Gasteiger partial charge >= 0.3 is 5.97 Å². The number of nitrogen functional groups attached to an aromatic ring is 1. The van der Waals surface area contributed by atoms with Gasteiger partial charge in [-0.1, -0.05) is 0 Å². The monoisotopic (exact) mass is 273 g/mol. The van der Waals surface area contributed by atoms with Gasteiger partial charge in [0.15, 0.2) is 5.69 Å². The number of hydrogen-bond acceptors (Lipinski definition) is 6. The van der Waals surface area contributed by atoms with Crippen LogP contribution in [-0.4, -0.2) is 45.1 Å². The van der Waals surface area contributed by atoms with Crippen molar-refractivity contribution in [3.63, 3.8) is 0 Å². The molecule has 1 aromatic heterocycles. The topological polar surface area (TPSA) is 70.1 Å². The summed E-state index contributed by atoms with van der Waals surface area (Å²) in [7, 11) is 1.33. The van der Waals surface area contributed by atoms with Crippen molar-refractivity contribution in [2.24, 2.45) is 0 Å². The highest BCUT2D eigenvalue weighted by atomic mass is 32.2. The Morgan fingerprint density at radius 1 is 1.71 bits per heavy atom. The van der Waals surface area contributed by atoms with Gasteiger partial charge in [0.05, 0.1) is 13.4 Å². The van der Waals surface area contributed by atoms with Gasteiger partial charge in [0.25, 0.3) is 0 Å². The molecule has 0 amide bonds. The quantitative estimate of drug-likeness (QED) is 0.832. The van der Waals surface area contributed by atoms with Gasteiger partial charge in [-0.3, -0.25) is 0 Å². The second-order valence-corrected chi connectivity index (χ2v) is 6.25. The van der Waals surface area contributed by atoms with Crippen LogP contribution < -0.4 is 5.73 Å². The van der Waals surface area contributed by atoms with Crippen LogP contribution in [0.15, 0.2) is 6.33 Å². The van der Waals surface area contributed by atoms with Crippen LogP contribution in [0.4, 0.5) is 5.82 Å². The molecule has 1 fully saturated rings. The normalized spacial score (nSPS) is 20.2. The number of nitrogens with zero attached hydrogens (tertiary/aromatic N) is 2. The molecular formula is C10H15N3O2S2. The van der Waals surface area contributed by atoms with Crippen molar-refractivity contribution in [3.05, 3.63) is 12.0 Å². The summed E-state index contributed by atoms with van der Waals surface area (Å²) in [6.45, 7) is 0.799. The highest BCUT2D eigenvalue weighted by molar-refractivity contribution is 8.06. The molecule has 1 saturated heterocycles. The van der Waals surface area contributed by atoms with Gasteiger partial charge in [0.1, 0.15) is 5.82 Å². The highest BCUT2D eigenvalue weighted by Crippen LogP contribution is 2.26. The van der Waals surface area contributed by atoms with Gasteiger partial charge in [-0.2, -0.15) is 23.5 Å². The molecule has 7 heteroatoms. The Morgan fingerprint density at radius 2 is 2.53 bits per heavy atom. The molecule has 0 radical (unpaired) electrons. The number of methoxy groups -OCH3 is 1. The van der Waals surface area contributed by atoms with E-state index in [2.05, 4.69) is 9.72 Å². The fourth-order valence-corrected chi connectivity index (χ4v) is 4.32. The molecule has 17 heavy (non-hydrogen) atoms. The second kappa shape index (κ2) is 5.68. The Morgan fingerprint density at radius 3 is 3.18 bits per heavy atom. The average molecular weight is 273 g/mol. The molecule has 2 N–H and O–H groups in total. The lowest BCUT2D eigenvalue weighted by Crippen LogP contribution is -2.21. The molecule has 0 spiro atoms. The SMILES string of the molecule is COC(=O)c1ncn(CC2CSCCS2)c1N. The maximum atomic E-state index is 11.4. The maximum absolute atomic E-state index is 11.4. The maximum Gasteiger partial charge on any atom is 0.360 e. The van der Waals surface area contributed by atoms with Crippen LogP contribution in [0.25, 0.3) is 0 Å². The van der Waals surface area contributed by atoms with E-state index in [9.17, 15) is 4.79 Å². The first-order valence-corrected chi connectivity index (χ1v) is 7.51. The molecular weight excluding hydrogens is 258 g/mol. The number of nitrogens with two attached hydrogens (primary N) is 1. The average Bonchev–Trinajstić information content (AvgIpc) is 2.72. The summed E-state index contributed by atoms with van der Waals surface area (Å²) in [5.74, 6) is 3.43. The van der Waals surface area contributed by atoms with Crippen molar-refractivity contribution in [2.45, 2.75) is 11.8 Å². The van der Waals surface area contributed by atoms with Crippen molar-refractivity contribution in [1.82, 2.24) is 9.55 Å². The van der Waals surface area contributed by atoms with Gasteiger partial charge in [0.2, 0.25) is 0 Å². The Labute approximate surface area is 108 Å². The smallest absolute Gasteiger partial charge is 0.360 e. The Hall–Kier alpha value is -0.820. The minimum Gasteiger partial charge on any atom is -0.464 e. The van der Waals surface area contributed by atoms with Gasteiger partial charge in [-0.25, -0.2) is 9.78 Å². The van der Waals surface area contributed by atoms with Crippen LogP contribution >= 0.6 is 23.5 Å². The molecule has 0 aromatic carbocycles. The van der Waals surface area contributed by atoms with Crippen molar-refractivity contribution >= 4 is 35.3 Å². The van der Waals surface area contributed by atoms with Crippen molar-refractivity contribution in [2.75, 3.05) is 30.1 Å². The molecule has 0 saturated carbocycles. The zero-order valence-electron chi connectivity index (χ0n) is 9.59. The Balaban J connectivity index is 2.06. The van der Waals surface area contributed by atoms with E-state index in [0.717, 1.165) is 12.3 Å². The van der Waals surface area contributed by atoms with E-state index in [0.29, 0.717) is 11.1 Å². The molecule has 1 aliphatic rings. The van der Waals surface area contributed by atoms with E-state index in [-0.39, 0.29) is 5.69 Å². The number of imidazole rings is 1. The predicted octanol–water partition coefficient (Wildman–Crippen LogP) is 1.10. The number of thioether (sulfide) groups is 2. The number of rotatable bonds is 3.